The molecule has 0 atom stereocenters. The first-order chi connectivity index (χ1) is 11.7. The number of hydrogen-bond donors (Lipinski definition) is 2. The zero-order chi connectivity index (χ0) is 16.5. The van der Waals surface area contributed by atoms with Crippen LogP contribution in [0.1, 0.15) is 16.1 Å². The standard InChI is InChI=1S/C18H14N4OS/c1-11-5-7-12(8-6-11)18-21-15(10-24-18)17(23)20-14-4-2-3-13-9-19-22-16(13)14/h2-10H,1H3,(H,19,22)(H,20,23). The van der Waals surface area contributed by atoms with Crippen molar-refractivity contribution < 1.29 is 4.79 Å². The number of benzene rings is 2. The van der Waals surface area contributed by atoms with Crippen LogP contribution in [0.3, 0.4) is 0 Å². The average Bonchev–Trinajstić information content (AvgIpc) is 3.25. The summed E-state index contributed by atoms with van der Waals surface area (Å²) in [4.78, 5) is 16.9. The lowest BCUT2D eigenvalue weighted by Gasteiger charge is -2.04. The number of anilines is 1. The Morgan fingerprint density at radius 3 is 2.83 bits per heavy atom. The van der Waals surface area contributed by atoms with Gasteiger partial charge in [-0.3, -0.25) is 9.89 Å². The van der Waals surface area contributed by atoms with Crippen molar-refractivity contribution in [3.8, 4) is 10.6 Å². The molecule has 0 aliphatic heterocycles. The minimum atomic E-state index is -0.230. The maximum atomic E-state index is 12.5. The van der Waals surface area contributed by atoms with Crippen LogP contribution >= 0.6 is 11.3 Å². The van der Waals surface area contributed by atoms with Crippen molar-refractivity contribution >= 4 is 33.8 Å². The van der Waals surface area contributed by atoms with Crippen LogP contribution in [0.15, 0.2) is 54.0 Å². The fraction of sp³-hybridized carbons (Fsp3) is 0.0556. The van der Waals surface area contributed by atoms with Crippen molar-refractivity contribution in [3.05, 3.63) is 65.3 Å². The maximum absolute atomic E-state index is 12.5. The van der Waals surface area contributed by atoms with Gasteiger partial charge in [0.2, 0.25) is 0 Å². The number of hydrogen-bond acceptors (Lipinski definition) is 4. The van der Waals surface area contributed by atoms with Gasteiger partial charge in [-0.15, -0.1) is 11.3 Å². The molecule has 5 nitrogen and oxygen atoms in total. The Balaban J connectivity index is 1.59. The van der Waals surface area contributed by atoms with Gasteiger partial charge in [-0.2, -0.15) is 5.10 Å². The first-order valence-corrected chi connectivity index (χ1v) is 8.35. The van der Waals surface area contributed by atoms with Gasteiger partial charge in [0.1, 0.15) is 10.7 Å². The number of carbonyl (C=O) groups excluding carboxylic acids is 1. The lowest BCUT2D eigenvalue weighted by atomic mass is 10.2. The van der Waals surface area contributed by atoms with Crippen LogP contribution in [-0.2, 0) is 0 Å². The number of para-hydroxylation sites is 1. The summed E-state index contributed by atoms with van der Waals surface area (Å²) in [6, 6.07) is 13.8. The number of thiazole rings is 1. The molecule has 0 saturated carbocycles. The van der Waals surface area contributed by atoms with Crippen LogP contribution in [0.5, 0.6) is 0 Å². The molecule has 0 unspecified atom stereocenters. The van der Waals surface area contributed by atoms with Crippen LogP contribution in [0.2, 0.25) is 0 Å². The third-order valence-corrected chi connectivity index (χ3v) is 4.65. The molecule has 1 amide bonds. The number of nitrogens with one attached hydrogen (secondary N) is 2. The smallest absolute Gasteiger partial charge is 0.275 e. The molecule has 0 radical (unpaired) electrons. The Hall–Kier alpha value is -2.99. The molecule has 2 heterocycles. The highest BCUT2D eigenvalue weighted by Crippen LogP contribution is 2.25. The monoisotopic (exact) mass is 334 g/mol. The van der Waals surface area contributed by atoms with E-state index in [-0.39, 0.29) is 5.91 Å². The molecule has 2 N–H and O–H groups in total. The third kappa shape index (κ3) is 2.68. The summed E-state index contributed by atoms with van der Waals surface area (Å²) >= 11 is 1.46. The number of amides is 1. The van der Waals surface area contributed by atoms with Gasteiger partial charge in [-0.25, -0.2) is 4.98 Å². The van der Waals surface area contributed by atoms with Crippen LogP contribution in [0.25, 0.3) is 21.5 Å². The summed E-state index contributed by atoms with van der Waals surface area (Å²) in [5.41, 5.74) is 4.12. The summed E-state index contributed by atoms with van der Waals surface area (Å²) in [6.07, 6.45) is 1.73. The molecule has 2 aromatic carbocycles. The van der Waals surface area contributed by atoms with E-state index in [1.807, 2.05) is 49.4 Å². The molecule has 0 spiro atoms. The summed E-state index contributed by atoms with van der Waals surface area (Å²) in [6.45, 7) is 2.04. The summed E-state index contributed by atoms with van der Waals surface area (Å²) < 4.78 is 0. The van der Waals surface area contributed by atoms with Crippen molar-refractivity contribution in [1.29, 1.82) is 0 Å². The third-order valence-electron chi connectivity index (χ3n) is 3.76. The molecule has 0 fully saturated rings. The quantitative estimate of drug-likeness (QED) is 0.588. The van der Waals surface area contributed by atoms with Crippen LogP contribution < -0.4 is 5.32 Å². The number of aryl methyl sites for hydroxylation is 1. The molecule has 0 aliphatic rings. The summed E-state index contributed by atoms with van der Waals surface area (Å²) in [7, 11) is 0. The number of rotatable bonds is 3. The van der Waals surface area contributed by atoms with Gasteiger partial charge in [0.15, 0.2) is 0 Å². The fourth-order valence-corrected chi connectivity index (χ4v) is 3.27. The maximum Gasteiger partial charge on any atom is 0.275 e. The molecule has 0 saturated heterocycles. The molecule has 2 aromatic heterocycles. The van der Waals surface area contributed by atoms with Gasteiger partial charge >= 0.3 is 0 Å². The molecular formula is C18H14N4OS. The number of H-pyrrole nitrogens is 1. The van der Waals surface area contributed by atoms with Crippen molar-refractivity contribution in [2.24, 2.45) is 0 Å². The van der Waals surface area contributed by atoms with Crippen LogP contribution in [0, 0.1) is 6.92 Å². The Morgan fingerprint density at radius 2 is 2.00 bits per heavy atom. The van der Waals surface area contributed by atoms with E-state index in [0.717, 1.165) is 21.5 Å². The van der Waals surface area contributed by atoms with Gasteiger partial charge in [-0.1, -0.05) is 42.0 Å². The number of fused-ring (bicyclic) bond motifs is 1. The SMILES string of the molecule is Cc1ccc(-c2nc(C(=O)Nc3cccc4cn[nH]c34)cs2)cc1. The van der Waals surface area contributed by atoms with E-state index in [4.69, 9.17) is 0 Å². The van der Waals surface area contributed by atoms with E-state index in [2.05, 4.69) is 20.5 Å². The van der Waals surface area contributed by atoms with E-state index in [1.54, 1.807) is 11.6 Å². The highest BCUT2D eigenvalue weighted by atomic mass is 32.1. The molecule has 24 heavy (non-hydrogen) atoms. The van der Waals surface area contributed by atoms with Gasteiger partial charge in [0.05, 0.1) is 17.4 Å². The first-order valence-electron chi connectivity index (χ1n) is 7.47. The lowest BCUT2D eigenvalue weighted by molar-refractivity contribution is 0.102. The van der Waals surface area contributed by atoms with Crippen molar-refractivity contribution in [2.75, 3.05) is 5.32 Å². The summed E-state index contributed by atoms with van der Waals surface area (Å²) in [5.74, 6) is -0.230. The van der Waals surface area contributed by atoms with Gasteiger partial charge < -0.3 is 5.32 Å². The fourth-order valence-electron chi connectivity index (χ4n) is 2.47. The second-order valence-electron chi connectivity index (χ2n) is 5.50. The highest BCUT2D eigenvalue weighted by Gasteiger charge is 2.13. The second kappa shape index (κ2) is 5.90. The Kier molecular flexibility index (Phi) is 3.59. The van der Waals surface area contributed by atoms with Crippen molar-refractivity contribution in [1.82, 2.24) is 15.2 Å². The van der Waals surface area contributed by atoms with Crippen molar-refractivity contribution in [3.63, 3.8) is 0 Å². The van der Waals surface area contributed by atoms with E-state index in [1.165, 1.54) is 16.9 Å². The Morgan fingerprint density at radius 1 is 1.17 bits per heavy atom. The first kappa shape index (κ1) is 14.6. The van der Waals surface area contributed by atoms with Crippen molar-refractivity contribution in [2.45, 2.75) is 6.92 Å². The topological polar surface area (TPSA) is 70.7 Å². The summed E-state index contributed by atoms with van der Waals surface area (Å²) in [5, 5.41) is 13.4. The highest BCUT2D eigenvalue weighted by molar-refractivity contribution is 7.13. The number of carbonyl (C=O) groups is 1. The Bertz CT molecular complexity index is 1020. The average molecular weight is 334 g/mol. The predicted octanol–water partition coefficient (Wildman–Crippen LogP) is 4.25. The van der Waals surface area contributed by atoms with E-state index in [9.17, 15) is 4.79 Å². The Labute approximate surface area is 142 Å². The van der Waals surface area contributed by atoms with Crippen LogP contribution in [-0.4, -0.2) is 21.1 Å². The second-order valence-corrected chi connectivity index (χ2v) is 6.36. The molecule has 6 heteroatoms. The normalized spacial score (nSPS) is 10.9. The van der Waals surface area contributed by atoms with Gasteiger partial charge in [0.25, 0.3) is 5.91 Å². The van der Waals surface area contributed by atoms with Crippen LogP contribution in [0.4, 0.5) is 5.69 Å². The minimum absolute atomic E-state index is 0.230. The zero-order valence-corrected chi connectivity index (χ0v) is 13.7. The van der Waals surface area contributed by atoms with E-state index in [0.29, 0.717) is 11.4 Å². The molecule has 118 valence electrons. The zero-order valence-electron chi connectivity index (χ0n) is 12.9. The van der Waals surface area contributed by atoms with E-state index < -0.39 is 0 Å². The molecule has 4 aromatic rings. The molecular weight excluding hydrogens is 320 g/mol. The minimum Gasteiger partial charge on any atom is -0.319 e. The van der Waals surface area contributed by atoms with E-state index >= 15 is 0 Å². The number of nitrogens with zero attached hydrogens (tertiary/aromatic N) is 2. The van der Waals surface area contributed by atoms with Gasteiger partial charge in [0, 0.05) is 16.3 Å². The predicted molar refractivity (Wildman–Crippen MR) is 96.3 cm³/mol. The van der Waals surface area contributed by atoms with Gasteiger partial charge in [-0.05, 0) is 13.0 Å². The largest absolute Gasteiger partial charge is 0.319 e. The molecule has 0 aliphatic carbocycles. The lowest BCUT2D eigenvalue weighted by Crippen LogP contribution is -2.12. The molecule has 0 bridgehead atoms. The molecule has 4 rings (SSSR count). The number of aromatic amines is 1. The number of aromatic nitrogens is 3.